The molecule has 0 saturated carbocycles. The Bertz CT molecular complexity index is 693. The second kappa shape index (κ2) is 9.72. The van der Waals surface area contributed by atoms with Gasteiger partial charge in [0.1, 0.15) is 18.1 Å². The van der Waals surface area contributed by atoms with Gasteiger partial charge in [0, 0.05) is 11.6 Å². The van der Waals surface area contributed by atoms with Crippen LogP contribution in [-0.2, 0) is 16.1 Å². The number of hydrogen-bond donors (Lipinski definition) is 0. The number of carbonyl (C=O) groups excluding carboxylic acids is 1. The zero-order valence-corrected chi connectivity index (χ0v) is 14.2. The maximum atomic E-state index is 13.2. The first-order chi connectivity index (χ1) is 11.4. The second-order valence-electron chi connectivity index (χ2n) is 4.57. The molecule has 0 heterocycles. The van der Waals surface area contributed by atoms with Gasteiger partial charge in [-0.3, -0.25) is 4.79 Å². The van der Waals surface area contributed by atoms with Crippen molar-refractivity contribution in [2.75, 3.05) is 14.2 Å². The van der Waals surface area contributed by atoms with E-state index in [1.807, 2.05) is 0 Å². The molecule has 0 aromatic heterocycles. The molecule has 0 aliphatic rings. The minimum Gasteiger partial charge on any atom is -0.496 e. The summed E-state index contributed by atoms with van der Waals surface area (Å²) in [5.74, 6) is -0.995. The lowest BCUT2D eigenvalue weighted by Crippen LogP contribution is -2.01. The summed E-state index contributed by atoms with van der Waals surface area (Å²) in [5.41, 5.74) is 1.16. The highest BCUT2D eigenvalue weighted by atomic mass is 35.5. The van der Waals surface area contributed by atoms with Gasteiger partial charge >= 0.3 is 0 Å². The quantitative estimate of drug-likeness (QED) is 0.747. The minimum absolute atomic E-state index is 0.106. The first kappa shape index (κ1) is 19.7. The van der Waals surface area contributed by atoms with E-state index in [9.17, 15) is 8.78 Å². The Labute approximate surface area is 143 Å². The summed E-state index contributed by atoms with van der Waals surface area (Å²) in [6, 6.07) is 7.33. The van der Waals surface area contributed by atoms with Gasteiger partial charge in [0.05, 0.1) is 19.2 Å². The lowest BCUT2D eigenvalue weighted by atomic mass is 10.2. The van der Waals surface area contributed by atoms with Crippen molar-refractivity contribution in [1.82, 2.24) is 0 Å². The van der Waals surface area contributed by atoms with E-state index in [2.05, 4.69) is 4.74 Å². The fourth-order valence-corrected chi connectivity index (χ4v) is 2.02. The number of methoxy groups -OCH3 is 2. The van der Waals surface area contributed by atoms with E-state index in [1.165, 1.54) is 14.2 Å². The van der Waals surface area contributed by atoms with Gasteiger partial charge in [0.2, 0.25) is 0 Å². The van der Waals surface area contributed by atoms with Crippen molar-refractivity contribution in [3.63, 3.8) is 0 Å². The minimum atomic E-state index is -0.947. The molecular formula is C17H17ClF2O4. The molecule has 0 atom stereocenters. The van der Waals surface area contributed by atoms with Crippen molar-refractivity contribution < 1.29 is 27.8 Å². The van der Waals surface area contributed by atoms with Crippen molar-refractivity contribution in [3.8, 4) is 11.5 Å². The molecule has 7 heteroatoms. The average molecular weight is 359 g/mol. The van der Waals surface area contributed by atoms with Crippen LogP contribution < -0.4 is 9.47 Å². The van der Waals surface area contributed by atoms with Gasteiger partial charge in [0.25, 0.3) is 6.47 Å². The number of hydrogen-bond acceptors (Lipinski definition) is 4. The van der Waals surface area contributed by atoms with Crippen LogP contribution in [0.4, 0.5) is 8.78 Å². The summed E-state index contributed by atoms with van der Waals surface area (Å²) >= 11 is 6.08. The van der Waals surface area contributed by atoms with Gasteiger partial charge in [-0.2, -0.15) is 0 Å². The predicted molar refractivity (Wildman–Crippen MR) is 86.5 cm³/mol. The Balaban J connectivity index is 0.000000648. The summed E-state index contributed by atoms with van der Waals surface area (Å²) in [6.45, 7) is 2.12. The number of rotatable bonds is 5. The van der Waals surface area contributed by atoms with Gasteiger partial charge in [-0.15, -0.1) is 0 Å². The van der Waals surface area contributed by atoms with Gasteiger partial charge in [-0.1, -0.05) is 17.7 Å². The van der Waals surface area contributed by atoms with E-state index in [0.29, 0.717) is 28.4 Å². The Morgan fingerprint density at radius 3 is 2.33 bits per heavy atom. The molecule has 2 aromatic carbocycles. The number of ether oxygens (including phenoxy) is 3. The Morgan fingerprint density at radius 1 is 1.12 bits per heavy atom. The zero-order chi connectivity index (χ0) is 18.1. The lowest BCUT2D eigenvalue weighted by Gasteiger charge is -2.13. The molecule has 0 fully saturated rings. The van der Waals surface area contributed by atoms with Crippen LogP contribution in [0.15, 0.2) is 30.3 Å². The standard InChI is InChI=1S/C15H13ClF2O2.C2H4O2/c1-9-6-12(17)13(18)7-15(9)20-8-10-11(16)4-3-5-14(10)19-2;1-4-2-3/h3-7H,8H2,1-2H3;2H,1H3. The topological polar surface area (TPSA) is 44.8 Å². The summed E-state index contributed by atoms with van der Waals surface area (Å²) in [7, 11) is 2.84. The molecule has 24 heavy (non-hydrogen) atoms. The predicted octanol–water partition coefficient (Wildman–Crippen LogP) is 4.30. The summed E-state index contributed by atoms with van der Waals surface area (Å²) in [4.78, 5) is 8.95. The smallest absolute Gasteiger partial charge is 0.292 e. The van der Waals surface area contributed by atoms with Crippen molar-refractivity contribution in [3.05, 3.63) is 58.1 Å². The molecular weight excluding hydrogens is 342 g/mol. The highest BCUT2D eigenvalue weighted by Crippen LogP contribution is 2.29. The Kier molecular flexibility index (Phi) is 7.98. The molecule has 0 saturated heterocycles. The molecule has 0 aliphatic heterocycles. The third-order valence-electron chi connectivity index (χ3n) is 2.98. The number of carbonyl (C=O) groups is 1. The molecule has 0 spiro atoms. The fourth-order valence-electron chi connectivity index (χ4n) is 1.80. The number of halogens is 3. The third-order valence-corrected chi connectivity index (χ3v) is 3.34. The van der Waals surface area contributed by atoms with E-state index in [0.717, 1.165) is 12.1 Å². The van der Waals surface area contributed by atoms with Crippen LogP contribution in [-0.4, -0.2) is 20.7 Å². The Hall–Kier alpha value is -2.34. The van der Waals surface area contributed by atoms with Crippen LogP contribution in [0.5, 0.6) is 11.5 Å². The van der Waals surface area contributed by atoms with Crippen molar-refractivity contribution >= 4 is 18.1 Å². The zero-order valence-electron chi connectivity index (χ0n) is 13.4. The van der Waals surface area contributed by atoms with Crippen LogP contribution >= 0.6 is 11.6 Å². The first-order valence-corrected chi connectivity index (χ1v) is 7.18. The largest absolute Gasteiger partial charge is 0.496 e. The monoisotopic (exact) mass is 358 g/mol. The molecule has 130 valence electrons. The first-order valence-electron chi connectivity index (χ1n) is 6.80. The van der Waals surface area contributed by atoms with Gasteiger partial charge in [-0.05, 0) is 30.7 Å². The van der Waals surface area contributed by atoms with Crippen LogP contribution in [0.3, 0.4) is 0 Å². The molecule has 2 rings (SSSR count). The van der Waals surface area contributed by atoms with E-state index in [-0.39, 0.29) is 12.4 Å². The molecule has 0 aliphatic carbocycles. The Morgan fingerprint density at radius 2 is 1.75 bits per heavy atom. The molecule has 2 aromatic rings. The third kappa shape index (κ3) is 5.38. The molecule has 0 bridgehead atoms. The van der Waals surface area contributed by atoms with E-state index >= 15 is 0 Å². The SMILES string of the molecule is COC=O.COc1cccc(Cl)c1COc1cc(F)c(F)cc1C. The summed E-state index contributed by atoms with van der Waals surface area (Å²) in [6.07, 6.45) is 0. The molecule has 0 amide bonds. The summed E-state index contributed by atoms with van der Waals surface area (Å²) in [5, 5.41) is 0.490. The number of benzene rings is 2. The second-order valence-corrected chi connectivity index (χ2v) is 4.98. The summed E-state index contributed by atoms with van der Waals surface area (Å²) < 4.78 is 40.8. The van der Waals surface area contributed by atoms with E-state index < -0.39 is 11.6 Å². The van der Waals surface area contributed by atoms with Gasteiger partial charge in [0.15, 0.2) is 11.6 Å². The van der Waals surface area contributed by atoms with Crippen LogP contribution in [0, 0.1) is 18.6 Å². The average Bonchev–Trinajstić information content (AvgIpc) is 2.57. The molecule has 0 N–H and O–H groups in total. The van der Waals surface area contributed by atoms with Crippen molar-refractivity contribution in [2.24, 2.45) is 0 Å². The van der Waals surface area contributed by atoms with Gasteiger partial charge in [-0.25, -0.2) is 8.78 Å². The fraction of sp³-hybridized carbons (Fsp3) is 0.235. The number of aryl methyl sites for hydroxylation is 1. The van der Waals surface area contributed by atoms with E-state index in [4.69, 9.17) is 25.9 Å². The molecule has 0 unspecified atom stereocenters. The highest BCUT2D eigenvalue weighted by molar-refractivity contribution is 6.31. The van der Waals surface area contributed by atoms with Crippen LogP contribution in [0.2, 0.25) is 5.02 Å². The highest BCUT2D eigenvalue weighted by Gasteiger charge is 2.11. The lowest BCUT2D eigenvalue weighted by molar-refractivity contribution is -0.126. The van der Waals surface area contributed by atoms with Crippen LogP contribution in [0.1, 0.15) is 11.1 Å². The molecule has 0 radical (unpaired) electrons. The molecule has 4 nitrogen and oxygen atoms in total. The maximum Gasteiger partial charge on any atom is 0.292 e. The van der Waals surface area contributed by atoms with Gasteiger partial charge < -0.3 is 14.2 Å². The maximum absolute atomic E-state index is 13.2. The normalized spacial score (nSPS) is 9.58. The van der Waals surface area contributed by atoms with Crippen LogP contribution in [0.25, 0.3) is 0 Å². The van der Waals surface area contributed by atoms with Crippen molar-refractivity contribution in [2.45, 2.75) is 13.5 Å². The van der Waals surface area contributed by atoms with Crippen molar-refractivity contribution in [1.29, 1.82) is 0 Å². The van der Waals surface area contributed by atoms with E-state index in [1.54, 1.807) is 25.1 Å².